The zero-order valence-electron chi connectivity index (χ0n) is 17.7. The number of benzene rings is 2. The predicted molar refractivity (Wildman–Crippen MR) is 117 cm³/mol. The number of amides is 1. The third-order valence-electron chi connectivity index (χ3n) is 4.85. The maximum absolute atomic E-state index is 12.2. The van der Waals surface area contributed by atoms with Crippen LogP contribution >= 0.6 is 0 Å². The molecular formula is C22H30N2O4S. The molecule has 7 heteroatoms. The van der Waals surface area contributed by atoms with Crippen molar-refractivity contribution < 1.29 is 17.9 Å². The lowest BCUT2D eigenvalue weighted by Gasteiger charge is -2.29. The molecule has 2 aromatic rings. The second-order valence-electron chi connectivity index (χ2n) is 7.94. The van der Waals surface area contributed by atoms with Gasteiger partial charge in [-0.05, 0) is 48.6 Å². The molecule has 1 N–H and O–H groups in total. The summed E-state index contributed by atoms with van der Waals surface area (Å²) in [7, 11) is -1.83. The molecule has 0 spiro atoms. The highest BCUT2D eigenvalue weighted by atomic mass is 32.2. The second-order valence-corrected chi connectivity index (χ2v) is 9.95. The number of carbonyl (C=O) groups excluding carboxylic acids is 1. The Morgan fingerprint density at radius 2 is 1.69 bits per heavy atom. The topological polar surface area (TPSA) is 75.7 Å². The van der Waals surface area contributed by atoms with Crippen LogP contribution in [-0.2, 0) is 20.2 Å². The van der Waals surface area contributed by atoms with Crippen LogP contribution in [0.4, 0.5) is 5.69 Å². The Morgan fingerprint density at radius 1 is 1.10 bits per heavy atom. The molecule has 29 heavy (non-hydrogen) atoms. The van der Waals surface area contributed by atoms with Gasteiger partial charge in [-0.15, -0.1) is 0 Å². The molecule has 0 heterocycles. The first-order chi connectivity index (χ1) is 13.5. The molecule has 2 aromatic carbocycles. The number of rotatable bonds is 9. The smallest absolute Gasteiger partial charge is 0.258 e. The van der Waals surface area contributed by atoms with Crippen LogP contribution in [0, 0.1) is 0 Å². The fraction of sp³-hybridized carbons (Fsp3) is 0.409. The molecule has 0 unspecified atom stereocenters. The second kappa shape index (κ2) is 9.31. The third-order valence-corrected chi connectivity index (χ3v) is 6.05. The monoisotopic (exact) mass is 418 g/mol. The predicted octanol–water partition coefficient (Wildman–Crippen LogP) is 3.33. The molecule has 0 radical (unpaired) electrons. The standard InChI is InChI=1S/C22H30N2O4S/c1-17(15-22(2,3)18-9-7-6-8-10-18)23-21(25)16-28-20-13-11-19(12-14-20)24(4)29(5,26)27/h6-14,17H,15-16H2,1-5H3,(H,23,25)/t17-/m0/s1. The Morgan fingerprint density at radius 3 is 2.24 bits per heavy atom. The lowest BCUT2D eigenvalue weighted by Crippen LogP contribution is -2.39. The summed E-state index contributed by atoms with van der Waals surface area (Å²) >= 11 is 0. The van der Waals surface area contributed by atoms with Crippen molar-refractivity contribution in [1.29, 1.82) is 0 Å². The van der Waals surface area contributed by atoms with Gasteiger partial charge in [0.1, 0.15) is 5.75 Å². The van der Waals surface area contributed by atoms with Gasteiger partial charge in [0.05, 0.1) is 11.9 Å². The first-order valence-electron chi connectivity index (χ1n) is 9.51. The van der Waals surface area contributed by atoms with E-state index in [-0.39, 0.29) is 24.0 Å². The molecule has 0 aliphatic rings. The van der Waals surface area contributed by atoms with E-state index in [9.17, 15) is 13.2 Å². The maximum Gasteiger partial charge on any atom is 0.258 e. The number of sulfonamides is 1. The quantitative estimate of drug-likeness (QED) is 0.678. The van der Waals surface area contributed by atoms with Crippen molar-refractivity contribution in [1.82, 2.24) is 5.32 Å². The minimum absolute atomic E-state index is 0.00732. The van der Waals surface area contributed by atoms with Crippen molar-refractivity contribution in [2.75, 3.05) is 24.2 Å². The highest BCUT2D eigenvalue weighted by molar-refractivity contribution is 7.92. The van der Waals surface area contributed by atoms with E-state index in [4.69, 9.17) is 4.74 Å². The maximum atomic E-state index is 12.2. The number of nitrogens with one attached hydrogen (secondary N) is 1. The molecule has 0 saturated heterocycles. The van der Waals surface area contributed by atoms with Gasteiger partial charge in [0.15, 0.2) is 6.61 Å². The van der Waals surface area contributed by atoms with E-state index in [1.54, 1.807) is 24.3 Å². The fourth-order valence-corrected chi connectivity index (χ4v) is 3.74. The first kappa shape index (κ1) is 22.7. The van der Waals surface area contributed by atoms with Crippen molar-refractivity contribution >= 4 is 21.6 Å². The van der Waals surface area contributed by atoms with Gasteiger partial charge in [0, 0.05) is 13.1 Å². The zero-order valence-corrected chi connectivity index (χ0v) is 18.5. The number of nitrogens with zero attached hydrogens (tertiary/aromatic N) is 1. The van der Waals surface area contributed by atoms with Crippen LogP contribution in [0.5, 0.6) is 5.75 Å². The van der Waals surface area contributed by atoms with Crippen LogP contribution in [0.1, 0.15) is 32.8 Å². The molecule has 0 bridgehead atoms. The zero-order chi connectivity index (χ0) is 21.7. The normalized spacial score (nSPS) is 12.9. The van der Waals surface area contributed by atoms with Crippen LogP contribution in [0.2, 0.25) is 0 Å². The number of carbonyl (C=O) groups is 1. The molecule has 1 atom stereocenters. The van der Waals surface area contributed by atoms with Crippen molar-refractivity contribution in [2.45, 2.75) is 38.6 Å². The Labute approximate surface area is 173 Å². The van der Waals surface area contributed by atoms with Crippen LogP contribution in [0.25, 0.3) is 0 Å². The Kier molecular flexibility index (Phi) is 7.30. The van der Waals surface area contributed by atoms with E-state index in [2.05, 4.69) is 31.3 Å². The molecule has 0 aliphatic heterocycles. The summed E-state index contributed by atoms with van der Waals surface area (Å²) in [4.78, 5) is 12.2. The molecular weight excluding hydrogens is 388 g/mol. The summed E-state index contributed by atoms with van der Waals surface area (Å²) in [5.41, 5.74) is 1.70. The van der Waals surface area contributed by atoms with E-state index < -0.39 is 10.0 Å². The molecule has 0 aromatic heterocycles. The molecule has 158 valence electrons. The summed E-state index contributed by atoms with van der Waals surface area (Å²) in [5.74, 6) is 0.307. The molecule has 6 nitrogen and oxygen atoms in total. The van der Waals surface area contributed by atoms with Gasteiger partial charge in [-0.1, -0.05) is 44.2 Å². The summed E-state index contributed by atoms with van der Waals surface area (Å²) in [6.45, 7) is 6.21. The molecule has 1 amide bonds. The van der Waals surface area contributed by atoms with Gasteiger partial charge in [0.2, 0.25) is 10.0 Å². The van der Waals surface area contributed by atoms with Crippen LogP contribution in [0.15, 0.2) is 54.6 Å². The van der Waals surface area contributed by atoms with Gasteiger partial charge < -0.3 is 10.1 Å². The minimum Gasteiger partial charge on any atom is -0.484 e. The summed E-state index contributed by atoms with van der Waals surface area (Å²) in [6, 6.07) is 16.8. The highest BCUT2D eigenvalue weighted by Crippen LogP contribution is 2.28. The van der Waals surface area contributed by atoms with E-state index in [1.165, 1.54) is 16.9 Å². The number of hydrogen-bond donors (Lipinski definition) is 1. The van der Waals surface area contributed by atoms with Gasteiger partial charge in [-0.25, -0.2) is 8.42 Å². The Hall–Kier alpha value is -2.54. The fourth-order valence-electron chi connectivity index (χ4n) is 3.23. The van der Waals surface area contributed by atoms with Crippen LogP contribution in [-0.4, -0.2) is 40.3 Å². The molecule has 0 aliphatic carbocycles. The summed E-state index contributed by atoms with van der Waals surface area (Å²) < 4.78 is 29.8. The lowest BCUT2D eigenvalue weighted by atomic mass is 9.79. The van der Waals surface area contributed by atoms with Gasteiger partial charge >= 0.3 is 0 Å². The minimum atomic E-state index is -3.31. The van der Waals surface area contributed by atoms with Crippen LogP contribution < -0.4 is 14.4 Å². The Bertz CT molecular complexity index is 910. The molecule has 0 fully saturated rings. The number of hydrogen-bond acceptors (Lipinski definition) is 4. The van der Waals surface area contributed by atoms with Gasteiger partial charge in [0.25, 0.3) is 5.91 Å². The van der Waals surface area contributed by atoms with E-state index in [1.807, 2.05) is 25.1 Å². The van der Waals surface area contributed by atoms with Crippen molar-refractivity contribution in [3.05, 3.63) is 60.2 Å². The van der Waals surface area contributed by atoms with Crippen molar-refractivity contribution in [3.63, 3.8) is 0 Å². The van der Waals surface area contributed by atoms with E-state index in [0.29, 0.717) is 11.4 Å². The van der Waals surface area contributed by atoms with Gasteiger partial charge in [-0.3, -0.25) is 9.10 Å². The van der Waals surface area contributed by atoms with Crippen molar-refractivity contribution in [3.8, 4) is 5.75 Å². The van der Waals surface area contributed by atoms with E-state index in [0.717, 1.165) is 12.7 Å². The molecule has 0 saturated carbocycles. The average molecular weight is 419 g/mol. The first-order valence-corrected chi connectivity index (χ1v) is 11.4. The third kappa shape index (κ3) is 6.78. The van der Waals surface area contributed by atoms with Crippen molar-refractivity contribution in [2.24, 2.45) is 0 Å². The number of ether oxygens (including phenoxy) is 1. The van der Waals surface area contributed by atoms with Crippen LogP contribution in [0.3, 0.4) is 0 Å². The SMILES string of the molecule is C[C@@H](CC(C)(C)c1ccccc1)NC(=O)COc1ccc(N(C)S(C)(=O)=O)cc1. The Balaban J connectivity index is 1.85. The highest BCUT2D eigenvalue weighted by Gasteiger charge is 2.24. The van der Waals surface area contributed by atoms with Gasteiger partial charge in [-0.2, -0.15) is 0 Å². The average Bonchev–Trinajstić information content (AvgIpc) is 2.65. The van der Waals surface area contributed by atoms with E-state index >= 15 is 0 Å². The lowest BCUT2D eigenvalue weighted by molar-refractivity contribution is -0.123. The summed E-state index contributed by atoms with van der Waals surface area (Å²) in [6.07, 6.45) is 1.94. The largest absolute Gasteiger partial charge is 0.484 e. The molecule has 2 rings (SSSR count). The number of anilines is 1. The summed E-state index contributed by atoms with van der Waals surface area (Å²) in [5, 5.41) is 2.97.